The lowest BCUT2D eigenvalue weighted by Crippen LogP contribution is -2.33. The van der Waals surface area contributed by atoms with Gasteiger partial charge in [-0.2, -0.15) is 0 Å². The van der Waals surface area contributed by atoms with Gasteiger partial charge in [0, 0.05) is 56.6 Å². The summed E-state index contributed by atoms with van der Waals surface area (Å²) in [4.78, 5) is 39.4. The monoisotopic (exact) mass is 602 g/mol. The molecule has 2 aliphatic heterocycles. The fraction of sp³-hybridized carbons (Fsp3) is 0.351. The molecule has 2 aliphatic rings. The number of nitrogens with one attached hydrogen (secondary N) is 2. The minimum Gasteiger partial charge on any atom is -0.351 e. The number of aliphatic imine (C=N–C) groups is 2. The molecule has 2 N–H and O–H groups in total. The summed E-state index contributed by atoms with van der Waals surface area (Å²) >= 11 is 0. The van der Waals surface area contributed by atoms with E-state index >= 15 is 0 Å². The molecule has 0 spiro atoms. The van der Waals surface area contributed by atoms with Crippen LogP contribution < -0.4 is 10.6 Å². The van der Waals surface area contributed by atoms with Crippen molar-refractivity contribution in [3.8, 4) is 12.3 Å². The number of hydrogen-bond donors (Lipinski definition) is 2. The average Bonchev–Trinajstić information content (AvgIpc) is 3.67. The van der Waals surface area contributed by atoms with Crippen molar-refractivity contribution in [3.63, 3.8) is 0 Å². The third-order valence-corrected chi connectivity index (χ3v) is 8.20. The molecule has 232 valence electrons. The van der Waals surface area contributed by atoms with Crippen LogP contribution in [0, 0.1) is 12.3 Å². The molecule has 3 aromatic carbocycles. The molecule has 0 saturated heterocycles. The number of nitrogens with zero attached hydrogens (tertiary/aromatic N) is 4. The first-order valence-electron chi connectivity index (χ1n) is 15.7. The normalized spacial score (nSPS) is 13.2. The molecule has 8 nitrogen and oxygen atoms in total. The van der Waals surface area contributed by atoms with Gasteiger partial charge in [0.25, 0.3) is 11.8 Å². The van der Waals surface area contributed by atoms with E-state index in [-0.39, 0.29) is 11.8 Å². The maximum absolute atomic E-state index is 12.8. The van der Waals surface area contributed by atoms with E-state index in [2.05, 4.69) is 52.8 Å². The molecule has 8 heteroatoms. The summed E-state index contributed by atoms with van der Waals surface area (Å²) in [5, 5.41) is 6.02. The minimum absolute atomic E-state index is 0.0602. The van der Waals surface area contributed by atoms with Gasteiger partial charge in [-0.3, -0.25) is 19.6 Å². The van der Waals surface area contributed by atoms with Crippen LogP contribution >= 0.6 is 0 Å². The highest BCUT2D eigenvalue weighted by molar-refractivity contribution is 6.10. The maximum atomic E-state index is 12.8. The number of likely N-dealkylation sites (N-methyl/N-ethyl adjacent to an activating group) is 2. The van der Waals surface area contributed by atoms with Gasteiger partial charge in [0.2, 0.25) is 0 Å². The number of carbonyl (C=O) groups excluding carboxylic acids is 2. The van der Waals surface area contributed by atoms with Gasteiger partial charge in [-0.05, 0) is 99.2 Å². The van der Waals surface area contributed by atoms with E-state index in [9.17, 15) is 9.59 Å². The van der Waals surface area contributed by atoms with Crippen molar-refractivity contribution in [3.05, 3.63) is 94.0 Å². The van der Waals surface area contributed by atoms with Crippen molar-refractivity contribution in [2.24, 2.45) is 9.98 Å². The number of fused-ring (bicyclic) bond motifs is 2. The minimum atomic E-state index is -0.0632. The Morgan fingerprint density at radius 1 is 0.733 bits per heavy atom. The van der Waals surface area contributed by atoms with Crippen LogP contribution in [0.3, 0.4) is 0 Å². The predicted molar refractivity (Wildman–Crippen MR) is 183 cm³/mol. The number of rotatable bonds is 14. The van der Waals surface area contributed by atoms with Crippen LogP contribution in [0.25, 0.3) is 0 Å². The van der Waals surface area contributed by atoms with Crippen molar-refractivity contribution < 1.29 is 9.59 Å². The lowest BCUT2D eigenvalue weighted by atomic mass is 9.98. The van der Waals surface area contributed by atoms with Crippen LogP contribution in [0.2, 0.25) is 0 Å². The second-order valence-electron chi connectivity index (χ2n) is 12.0. The number of benzene rings is 3. The van der Waals surface area contributed by atoms with E-state index in [0.717, 1.165) is 83.9 Å². The van der Waals surface area contributed by atoms with Crippen molar-refractivity contribution in [1.29, 1.82) is 0 Å². The summed E-state index contributed by atoms with van der Waals surface area (Å²) in [5.41, 5.74) is 9.36. The highest BCUT2D eigenvalue weighted by atomic mass is 16.2. The van der Waals surface area contributed by atoms with Crippen LogP contribution in [0.4, 0.5) is 11.4 Å². The average molecular weight is 603 g/mol. The Morgan fingerprint density at radius 3 is 1.73 bits per heavy atom. The molecule has 0 atom stereocenters. The van der Waals surface area contributed by atoms with E-state index in [4.69, 9.17) is 16.4 Å². The molecule has 3 aromatic rings. The van der Waals surface area contributed by atoms with Gasteiger partial charge in [-0.1, -0.05) is 24.3 Å². The first-order valence-corrected chi connectivity index (χ1v) is 15.7. The third kappa shape index (κ3) is 8.33. The Labute approximate surface area is 266 Å². The quantitative estimate of drug-likeness (QED) is 0.205. The van der Waals surface area contributed by atoms with Gasteiger partial charge >= 0.3 is 0 Å². The van der Waals surface area contributed by atoms with Gasteiger partial charge in [0.1, 0.15) is 0 Å². The summed E-state index contributed by atoms with van der Waals surface area (Å²) in [7, 11) is 6.03. The zero-order valence-corrected chi connectivity index (χ0v) is 26.5. The molecule has 0 saturated carbocycles. The van der Waals surface area contributed by atoms with Gasteiger partial charge < -0.3 is 20.4 Å². The molecular formula is C37H42N6O2. The van der Waals surface area contributed by atoms with Gasteiger partial charge in [0.15, 0.2) is 0 Å². The van der Waals surface area contributed by atoms with Crippen molar-refractivity contribution in [2.75, 3.05) is 53.9 Å². The largest absolute Gasteiger partial charge is 0.351 e. The summed E-state index contributed by atoms with van der Waals surface area (Å²) in [6.45, 7) is 3.77. The molecule has 0 fully saturated rings. The van der Waals surface area contributed by atoms with Crippen LogP contribution in [0.1, 0.15) is 62.2 Å². The summed E-state index contributed by atoms with van der Waals surface area (Å²) in [5.74, 6) is 2.55. The highest BCUT2D eigenvalue weighted by Gasteiger charge is 2.21. The Hall–Kier alpha value is -4.58. The lowest BCUT2D eigenvalue weighted by molar-refractivity contribution is 0.0942. The van der Waals surface area contributed by atoms with Crippen LogP contribution in [-0.2, 0) is 12.8 Å². The van der Waals surface area contributed by atoms with Gasteiger partial charge in [0.05, 0.1) is 22.8 Å². The zero-order chi connectivity index (χ0) is 31.8. The first-order chi connectivity index (χ1) is 21.8. The summed E-state index contributed by atoms with van der Waals surface area (Å²) in [6, 6.07) is 19.8. The Balaban J connectivity index is 1.13. The van der Waals surface area contributed by atoms with Crippen molar-refractivity contribution in [2.45, 2.75) is 32.1 Å². The standard InChI is InChI=1S/C37H42N6O2/c1-5-6-7-8-19-43(4)21-18-39-37(45)29-14-16-33-31(23-29)25-35(41-33)27-11-9-26(10-12-27)34-24-30-22-28(13-15-32(30)40-34)36(44)38-17-20-42(2)3/h1,9-16,22-23H,6-8,17-21,24-25H2,2-4H3,(H,38,44)(H,39,45). The highest BCUT2D eigenvalue weighted by Crippen LogP contribution is 2.32. The van der Waals surface area contributed by atoms with Crippen molar-refractivity contribution >= 4 is 34.6 Å². The number of amides is 2. The lowest BCUT2D eigenvalue weighted by Gasteiger charge is -2.16. The van der Waals surface area contributed by atoms with Crippen LogP contribution in [0.5, 0.6) is 0 Å². The van der Waals surface area contributed by atoms with E-state index in [1.54, 1.807) is 0 Å². The summed E-state index contributed by atoms with van der Waals surface area (Å²) in [6.07, 6.45) is 9.59. The Morgan fingerprint density at radius 2 is 1.24 bits per heavy atom. The predicted octanol–water partition coefficient (Wildman–Crippen LogP) is 4.80. The zero-order valence-electron chi connectivity index (χ0n) is 26.5. The smallest absolute Gasteiger partial charge is 0.251 e. The fourth-order valence-electron chi connectivity index (χ4n) is 5.55. The molecule has 2 heterocycles. The van der Waals surface area contributed by atoms with Crippen LogP contribution in [-0.4, -0.2) is 86.9 Å². The molecule has 0 unspecified atom stereocenters. The van der Waals surface area contributed by atoms with Crippen molar-refractivity contribution in [1.82, 2.24) is 20.4 Å². The van der Waals surface area contributed by atoms with E-state index < -0.39 is 0 Å². The number of hydrogen-bond acceptors (Lipinski definition) is 6. The number of terminal acetylenes is 1. The molecule has 0 aliphatic carbocycles. The Bertz CT molecular complexity index is 1650. The molecule has 2 amide bonds. The van der Waals surface area contributed by atoms with E-state index in [1.807, 2.05) is 55.4 Å². The van der Waals surface area contributed by atoms with Gasteiger partial charge in [-0.25, -0.2) is 0 Å². The molecular weight excluding hydrogens is 560 g/mol. The molecule has 0 radical (unpaired) electrons. The number of carbonyl (C=O) groups is 2. The fourth-order valence-corrected chi connectivity index (χ4v) is 5.55. The summed E-state index contributed by atoms with van der Waals surface area (Å²) < 4.78 is 0. The van der Waals surface area contributed by atoms with Crippen LogP contribution in [0.15, 0.2) is 70.6 Å². The second-order valence-corrected chi connectivity index (χ2v) is 12.0. The topological polar surface area (TPSA) is 89.4 Å². The molecule has 5 rings (SSSR count). The van der Waals surface area contributed by atoms with E-state index in [1.165, 1.54) is 0 Å². The molecule has 0 bridgehead atoms. The first kappa shape index (κ1) is 31.8. The SMILES string of the molecule is C#CCCCCN(C)CCNC(=O)c1ccc2c(c1)CC(c1ccc(C3=Nc4ccc(C(=O)NCCN(C)C)cc4C3)cc1)=N2. The Kier molecular flexibility index (Phi) is 10.6. The third-order valence-electron chi connectivity index (χ3n) is 8.20. The molecule has 0 aromatic heterocycles. The maximum Gasteiger partial charge on any atom is 0.251 e. The second kappa shape index (κ2) is 14.9. The van der Waals surface area contributed by atoms with Gasteiger partial charge in [-0.15, -0.1) is 12.3 Å². The van der Waals surface area contributed by atoms with E-state index in [0.29, 0.717) is 37.1 Å². The molecule has 45 heavy (non-hydrogen) atoms. The number of unbranched alkanes of at least 4 members (excludes halogenated alkanes) is 2.